The molecular weight excluding hydrogens is 168 g/mol. The van der Waals surface area contributed by atoms with E-state index in [0.717, 1.165) is 5.56 Å². The van der Waals surface area contributed by atoms with Crippen LogP contribution in [0.4, 0.5) is 5.69 Å². The van der Waals surface area contributed by atoms with Crippen molar-refractivity contribution in [2.75, 3.05) is 5.32 Å². The van der Waals surface area contributed by atoms with E-state index in [1.165, 1.54) is 6.92 Å². The van der Waals surface area contributed by atoms with Crippen LogP contribution < -0.4 is 5.32 Å². The molecule has 1 atom stereocenters. The number of carbonyl (C=O) groups is 1. The molecule has 1 aromatic heterocycles. The van der Waals surface area contributed by atoms with E-state index < -0.39 is 12.0 Å². The molecule has 0 radical (unpaired) electrons. The van der Waals surface area contributed by atoms with E-state index >= 15 is 0 Å². The minimum Gasteiger partial charge on any atom is -0.384 e. The molecule has 2 N–H and O–H groups in total. The third-order valence-electron chi connectivity index (χ3n) is 1.68. The van der Waals surface area contributed by atoms with Crippen LogP contribution in [0.1, 0.15) is 12.5 Å². The summed E-state index contributed by atoms with van der Waals surface area (Å²) in [7, 11) is 0. The van der Waals surface area contributed by atoms with Crippen LogP contribution in [-0.4, -0.2) is 22.1 Å². The van der Waals surface area contributed by atoms with Gasteiger partial charge in [0.15, 0.2) is 0 Å². The molecule has 0 aliphatic rings. The van der Waals surface area contributed by atoms with Crippen LogP contribution in [0.25, 0.3) is 0 Å². The lowest BCUT2D eigenvalue weighted by atomic mass is 10.2. The topological polar surface area (TPSA) is 62.2 Å². The smallest absolute Gasteiger partial charge is 0.252 e. The molecule has 0 aliphatic heterocycles. The molecule has 1 aromatic rings. The highest BCUT2D eigenvalue weighted by molar-refractivity contribution is 5.94. The predicted molar refractivity (Wildman–Crippen MR) is 49.3 cm³/mol. The van der Waals surface area contributed by atoms with Crippen molar-refractivity contribution in [1.82, 2.24) is 4.98 Å². The van der Waals surface area contributed by atoms with Crippen molar-refractivity contribution in [3.8, 4) is 0 Å². The Morgan fingerprint density at radius 1 is 1.69 bits per heavy atom. The molecule has 1 heterocycles. The van der Waals surface area contributed by atoms with Gasteiger partial charge in [-0.1, -0.05) is 0 Å². The van der Waals surface area contributed by atoms with Crippen LogP contribution in [0.2, 0.25) is 0 Å². The van der Waals surface area contributed by atoms with Gasteiger partial charge in [0.1, 0.15) is 6.10 Å². The lowest BCUT2D eigenvalue weighted by molar-refractivity contribution is -0.123. The number of rotatable bonds is 2. The molecule has 0 aromatic carbocycles. The standard InChI is InChI=1S/C9H12N2O2/c1-6-3-4-10-5-8(6)11-9(13)7(2)12/h3-5,7,12H,1-2H3,(H,11,13). The normalized spacial score (nSPS) is 12.2. The fraction of sp³-hybridized carbons (Fsp3) is 0.333. The van der Waals surface area contributed by atoms with Gasteiger partial charge in [0.25, 0.3) is 5.91 Å². The van der Waals surface area contributed by atoms with Crippen LogP contribution in [0.3, 0.4) is 0 Å². The first-order chi connectivity index (χ1) is 6.11. The Kier molecular flexibility index (Phi) is 2.97. The summed E-state index contributed by atoms with van der Waals surface area (Å²) in [6.45, 7) is 3.28. The van der Waals surface area contributed by atoms with E-state index in [4.69, 9.17) is 5.11 Å². The van der Waals surface area contributed by atoms with Gasteiger partial charge >= 0.3 is 0 Å². The predicted octanol–water partition coefficient (Wildman–Crippen LogP) is 0.709. The Bertz CT molecular complexity index is 310. The number of carbonyl (C=O) groups excluding carboxylic acids is 1. The lowest BCUT2D eigenvalue weighted by Crippen LogP contribution is -2.24. The number of nitrogens with one attached hydrogen (secondary N) is 1. The van der Waals surface area contributed by atoms with Gasteiger partial charge in [-0.3, -0.25) is 9.78 Å². The second-order valence-corrected chi connectivity index (χ2v) is 2.86. The molecule has 4 nitrogen and oxygen atoms in total. The van der Waals surface area contributed by atoms with Gasteiger partial charge in [-0.15, -0.1) is 0 Å². The number of pyridine rings is 1. The summed E-state index contributed by atoms with van der Waals surface area (Å²) in [6.07, 6.45) is 2.20. The van der Waals surface area contributed by atoms with Gasteiger partial charge < -0.3 is 10.4 Å². The van der Waals surface area contributed by atoms with Gasteiger partial charge in [0.05, 0.1) is 11.9 Å². The Morgan fingerprint density at radius 3 is 2.92 bits per heavy atom. The lowest BCUT2D eigenvalue weighted by Gasteiger charge is -2.08. The van der Waals surface area contributed by atoms with Crippen molar-refractivity contribution in [2.24, 2.45) is 0 Å². The van der Waals surface area contributed by atoms with Crippen LogP contribution in [0, 0.1) is 6.92 Å². The first-order valence-corrected chi connectivity index (χ1v) is 4.01. The number of amides is 1. The molecule has 0 spiro atoms. The van der Waals surface area contributed by atoms with Gasteiger partial charge in [-0.25, -0.2) is 0 Å². The van der Waals surface area contributed by atoms with Crippen molar-refractivity contribution in [1.29, 1.82) is 0 Å². The van der Waals surface area contributed by atoms with E-state index in [2.05, 4.69) is 10.3 Å². The number of hydrogen-bond acceptors (Lipinski definition) is 3. The highest BCUT2D eigenvalue weighted by Gasteiger charge is 2.09. The molecule has 0 saturated carbocycles. The Morgan fingerprint density at radius 2 is 2.38 bits per heavy atom. The molecule has 0 bridgehead atoms. The van der Waals surface area contributed by atoms with Crippen LogP contribution in [0.15, 0.2) is 18.5 Å². The number of aryl methyl sites for hydroxylation is 1. The SMILES string of the molecule is Cc1ccncc1NC(=O)C(C)O. The third-order valence-corrected chi connectivity index (χ3v) is 1.68. The summed E-state index contributed by atoms with van der Waals surface area (Å²) in [5, 5.41) is 11.5. The van der Waals surface area contributed by atoms with E-state index in [1.807, 2.05) is 6.92 Å². The van der Waals surface area contributed by atoms with Crippen LogP contribution in [-0.2, 0) is 4.79 Å². The maximum atomic E-state index is 11.1. The highest BCUT2D eigenvalue weighted by Crippen LogP contribution is 2.11. The van der Waals surface area contributed by atoms with E-state index in [-0.39, 0.29) is 0 Å². The van der Waals surface area contributed by atoms with E-state index in [0.29, 0.717) is 5.69 Å². The minimum absolute atomic E-state index is 0.420. The number of aromatic nitrogens is 1. The maximum Gasteiger partial charge on any atom is 0.252 e. The largest absolute Gasteiger partial charge is 0.384 e. The average molecular weight is 180 g/mol. The van der Waals surface area contributed by atoms with Crippen molar-refractivity contribution < 1.29 is 9.90 Å². The summed E-state index contributed by atoms with van der Waals surface area (Å²) >= 11 is 0. The van der Waals surface area contributed by atoms with E-state index in [1.54, 1.807) is 18.5 Å². The van der Waals surface area contributed by atoms with Gasteiger partial charge in [0.2, 0.25) is 0 Å². The second-order valence-electron chi connectivity index (χ2n) is 2.86. The summed E-state index contributed by atoms with van der Waals surface area (Å²) in [5.74, 6) is -0.420. The van der Waals surface area contributed by atoms with Gasteiger partial charge in [-0.05, 0) is 25.5 Å². The first kappa shape index (κ1) is 9.67. The Balaban J connectivity index is 2.75. The molecule has 1 rings (SSSR count). The molecule has 1 amide bonds. The average Bonchev–Trinajstić information content (AvgIpc) is 2.08. The second kappa shape index (κ2) is 4.00. The Hall–Kier alpha value is -1.42. The minimum atomic E-state index is -1.00. The molecule has 13 heavy (non-hydrogen) atoms. The number of nitrogens with zero attached hydrogens (tertiary/aromatic N) is 1. The van der Waals surface area contributed by atoms with Crippen LogP contribution >= 0.6 is 0 Å². The van der Waals surface area contributed by atoms with Crippen LogP contribution in [0.5, 0.6) is 0 Å². The fourth-order valence-electron chi connectivity index (χ4n) is 0.832. The molecule has 70 valence electrons. The zero-order valence-electron chi connectivity index (χ0n) is 7.61. The summed E-state index contributed by atoms with van der Waals surface area (Å²) in [6, 6.07) is 1.79. The molecule has 0 aliphatic carbocycles. The molecule has 1 unspecified atom stereocenters. The number of aliphatic hydroxyl groups is 1. The summed E-state index contributed by atoms with van der Waals surface area (Å²) in [4.78, 5) is 14.9. The number of anilines is 1. The maximum absolute atomic E-state index is 11.1. The quantitative estimate of drug-likeness (QED) is 0.704. The summed E-state index contributed by atoms with van der Waals surface area (Å²) < 4.78 is 0. The fourth-order valence-corrected chi connectivity index (χ4v) is 0.832. The van der Waals surface area contributed by atoms with Gasteiger partial charge in [-0.2, -0.15) is 0 Å². The number of aliphatic hydroxyl groups excluding tert-OH is 1. The zero-order chi connectivity index (χ0) is 9.84. The zero-order valence-corrected chi connectivity index (χ0v) is 7.61. The molecular formula is C9H12N2O2. The highest BCUT2D eigenvalue weighted by atomic mass is 16.3. The Labute approximate surface area is 76.6 Å². The van der Waals surface area contributed by atoms with Crippen molar-refractivity contribution >= 4 is 11.6 Å². The van der Waals surface area contributed by atoms with Crippen molar-refractivity contribution in [3.63, 3.8) is 0 Å². The monoisotopic (exact) mass is 180 g/mol. The first-order valence-electron chi connectivity index (χ1n) is 4.01. The molecule has 0 saturated heterocycles. The van der Waals surface area contributed by atoms with Gasteiger partial charge in [0, 0.05) is 6.20 Å². The molecule has 4 heteroatoms. The van der Waals surface area contributed by atoms with Crippen molar-refractivity contribution in [3.05, 3.63) is 24.0 Å². The third kappa shape index (κ3) is 2.52. The number of hydrogen-bond donors (Lipinski definition) is 2. The molecule has 0 fully saturated rings. The summed E-state index contributed by atoms with van der Waals surface area (Å²) in [5.41, 5.74) is 1.55. The van der Waals surface area contributed by atoms with Crippen molar-refractivity contribution in [2.45, 2.75) is 20.0 Å². The van der Waals surface area contributed by atoms with E-state index in [9.17, 15) is 4.79 Å².